The van der Waals surface area contributed by atoms with Gasteiger partial charge in [0.1, 0.15) is 5.75 Å². The predicted octanol–water partition coefficient (Wildman–Crippen LogP) is 1.96. The Bertz CT molecular complexity index is 461. The van der Waals surface area contributed by atoms with Crippen molar-refractivity contribution >= 4 is 5.91 Å². The van der Waals surface area contributed by atoms with Crippen molar-refractivity contribution in [3.8, 4) is 5.75 Å². The van der Waals surface area contributed by atoms with Crippen molar-refractivity contribution in [2.24, 2.45) is 5.73 Å². The van der Waals surface area contributed by atoms with Crippen LogP contribution in [0.5, 0.6) is 5.75 Å². The lowest BCUT2D eigenvalue weighted by Gasteiger charge is -2.14. The first kappa shape index (κ1) is 17.4. The maximum absolute atomic E-state index is 11.6. The van der Waals surface area contributed by atoms with E-state index >= 15 is 0 Å². The second kappa shape index (κ2) is 8.62. The van der Waals surface area contributed by atoms with E-state index in [1.165, 1.54) is 0 Å². The molecule has 0 fully saturated rings. The summed E-state index contributed by atoms with van der Waals surface area (Å²) >= 11 is 0. The first-order chi connectivity index (χ1) is 9.92. The highest BCUT2D eigenvalue weighted by atomic mass is 16.5. The van der Waals surface area contributed by atoms with Gasteiger partial charge in [0.2, 0.25) is 5.91 Å². The zero-order valence-electron chi connectivity index (χ0n) is 13.5. The molecule has 1 aromatic rings. The molecule has 5 heteroatoms. The van der Waals surface area contributed by atoms with Crippen molar-refractivity contribution in [3.05, 3.63) is 23.5 Å². The van der Waals surface area contributed by atoms with Gasteiger partial charge in [-0.2, -0.15) is 0 Å². The third kappa shape index (κ3) is 6.58. The molecule has 1 rings (SSSR count). The second-order valence-electron chi connectivity index (χ2n) is 5.59. The summed E-state index contributed by atoms with van der Waals surface area (Å²) in [6.07, 6.45) is 1.92. The number of nitrogens with two attached hydrogens (primary N) is 1. The maximum atomic E-state index is 11.6. The van der Waals surface area contributed by atoms with Gasteiger partial charge in [0, 0.05) is 24.2 Å². The van der Waals surface area contributed by atoms with E-state index in [0.29, 0.717) is 19.4 Å². The Morgan fingerprint density at radius 1 is 1.43 bits per heavy atom. The number of nitrogens with zero attached hydrogens (tertiary/aromatic N) is 1. The molecule has 0 spiro atoms. The third-order valence-corrected chi connectivity index (χ3v) is 3.09. The molecule has 21 heavy (non-hydrogen) atoms. The fourth-order valence-corrected chi connectivity index (χ4v) is 1.92. The van der Waals surface area contributed by atoms with Crippen LogP contribution in [-0.2, 0) is 11.2 Å². The van der Waals surface area contributed by atoms with E-state index in [-0.39, 0.29) is 18.0 Å². The summed E-state index contributed by atoms with van der Waals surface area (Å²) < 4.78 is 5.71. The van der Waals surface area contributed by atoms with Crippen LogP contribution in [0, 0.1) is 6.92 Å². The van der Waals surface area contributed by atoms with Gasteiger partial charge in [-0.15, -0.1) is 0 Å². The van der Waals surface area contributed by atoms with E-state index in [9.17, 15) is 4.79 Å². The molecule has 1 heterocycles. The van der Waals surface area contributed by atoms with Crippen LogP contribution >= 0.6 is 0 Å². The zero-order valence-corrected chi connectivity index (χ0v) is 13.5. The Morgan fingerprint density at radius 3 is 2.76 bits per heavy atom. The largest absolute Gasteiger partial charge is 0.491 e. The molecule has 1 atom stereocenters. The molecule has 1 unspecified atom stereocenters. The molecular formula is C16H27N3O2. The van der Waals surface area contributed by atoms with E-state index in [1.54, 1.807) is 0 Å². The number of hydrogen-bond donors (Lipinski definition) is 2. The highest BCUT2D eigenvalue weighted by Gasteiger charge is 2.11. The van der Waals surface area contributed by atoms with Crippen LogP contribution in [0.1, 0.15) is 45.0 Å². The number of ether oxygens (including phenoxy) is 1. The van der Waals surface area contributed by atoms with E-state index in [2.05, 4.69) is 17.2 Å². The topological polar surface area (TPSA) is 77.2 Å². The molecule has 0 saturated heterocycles. The number of carbonyl (C=O) groups is 1. The number of nitrogens with one attached hydrogen (secondary N) is 1. The molecule has 0 aliphatic rings. The van der Waals surface area contributed by atoms with Gasteiger partial charge in [-0.25, -0.2) is 0 Å². The van der Waals surface area contributed by atoms with Crippen molar-refractivity contribution in [3.63, 3.8) is 0 Å². The van der Waals surface area contributed by atoms with Crippen molar-refractivity contribution in [2.45, 2.75) is 59.0 Å². The molecule has 0 saturated carbocycles. The Balaban J connectivity index is 2.59. The van der Waals surface area contributed by atoms with Crippen LogP contribution in [0.4, 0.5) is 0 Å². The summed E-state index contributed by atoms with van der Waals surface area (Å²) in [6, 6.07) is 4.03. The van der Waals surface area contributed by atoms with Crippen molar-refractivity contribution < 1.29 is 9.53 Å². The van der Waals surface area contributed by atoms with E-state index in [4.69, 9.17) is 10.5 Å². The smallest absolute Gasteiger partial charge is 0.223 e. The minimum Gasteiger partial charge on any atom is -0.491 e. The lowest BCUT2D eigenvalue weighted by Crippen LogP contribution is -2.31. The molecule has 0 bridgehead atoms. The summed E-state index contributed by atoms with van der Waals surface area (Å²) in [4.78, 5) is 16.1. The normalized spacial score (nSPS) is 12.3. The number of carbonyl (C=O) groups excluding carboxylic acids is 1. The highest BCUT2D eigenvalue weighted by Crippen LogP contribution is 2.19. The van der Waals surface area contributed by atoms with Gasteiger partial charge in [-0.05, 0) is 39.3 Å². The van der Waals surface area contributed by atoms with Crippen molar-refractivity contribution in [2.75, 3.05) is 6.61 Å². The third-order valence-electron chi connectivity index (χ3n) is 3.09. The number of hydrogen-bond acceptors (Lipinski definition) is 4. The minimum atomic E-state index is -0.00289. The lowest BCUT2D eigenvalue weighted by molar-refractivity contribution is -0.122. The quantitative estimate of drug-likeness (QED) is 0.768. The molecule has 1 aromatic heterocycles. The average molecular weight is 293 g/mol. The van der Waals surface area contributed by atoms with E-state index in [1.807, 2.05) is 32.9 Å². The van der Waals surface area contributed by atoms with Gasteiger partial charge < -0.3 is 15.8 Å². The van der Waals surface area contributed by atoms with Crippen LogP contribution in [-0.4, -0.2) is 29.6 Å². The molecule has 118 valence electrons. The molecule has 0 aromatic carbocycles. The lowest BCUT2D eigenvalue weighted by atomic mass is 10.1. The molecule has 0 aliphatic carbocycles. The summed E-state index contributed by atoms with van der Waals surface area (Å²) in [7, 11) is 0. The summed E-state index contributed by atoms with van der Waals surface area (Å²) in [5.74, 6) is 0.721. The Morgan fingerprint density at radius 2 is 2.14 bits per heavy atom. The van der Waals surface area contributed by atoms with E-state index < -0.39 is 0 Å². The molecule has 0 radical (unpaired) electrons. The van der Waals surface area contributed by atoms with E-state index in [0.717, 1.165) is 23.6 Å². The molecule has 3 N–H and O–H groups in total. The van der Waals surface area contributed by atoms with Crippen LogP contribution in [0.3, 0.4) is 0 Å². The van der Waals surface area contributed by atoms with Gasteiger partial charge in [0.15, 0.2) is 0 Å². The molecular weight excluding hydrogens is 266 g/mol. The average Bonchev–Trinajstić information content (AvgIpc) is 2.40. The van der Waals surface area contributed by atoms with Gasteiger partial charge in [0.05, 0.1) is 18.7 Å². The highest BCUT2D eigenvalue weighted by molar-refractivity contribution is 5.76. The minimum absolute atomic E-state index is 0.00289. The van der Waals surface area contributed by atoms with Crippen LogP contribution in [0.15, 0.2) is 12.1 Å². The fourth-order valence-electron chi connectivity index (χ4n) is 1.92. The van der Waals surface area contributed by atoms with Gasteiger partial charge in [-0.1, -0.05) is 6.92 Å². The second-order valence-corrected chi connectivity index (χ2v) is 5.59. The summed E-state index contributed by atoms with van der Waals surface area (Å²) in [6.45, 7) is 8.22. The number of rotatable bonds is 8. The predicted molar refractivity (Wildman–Crippen MR) is 84.3 cm³/mol. The van der Waals surface area contributed by atoms with Gasteiger partial charge >= 0.3 is 0 Å². The maximum Gasteiger partial charge on any atom is 0.223 e. The SMILES string of the molecule is CCC(N)Cc1nc(C)ccc1OCCC(=O)NC(C)C. The molecule has 0 aliphatic heterocycles. The number of aryl methyl sites for hydroxylation is 1. The van der Waals surface area contributed by atoms with Crippen molar-refractivity contribution in [1.29, 1.82) is 0 Å². The van der Waals surface area contributed by atoms with Crippen LogP contribution < -0.4 is 15.8 Å². The fraction of sp³-hybridized carbons (Fsp3) is 0.625. The standard InChI is InChI=1S/C16H27N3O2/c1-5-13(17)10-14-15(7-6-12(4)19-14)21-9-8-16(20)18-11(2)3/h6-7,11,13H,5,8-10,17H2,1-4H3,(H,18,20). The monoisotopic (exact) mass is 293 g/mol. The Kier molecular flexibility index (Phi) is 7.15. The number of amides is 1. The zero-order chi connectivity index (χ0) is 15.8. The first-order valence-electron chi connectivity index (χ1n) is 7.56. The first-order valence-corrected chi connectivity index (χ1v) is 7.56. The van der Waals surface area contributed by atoms with Gasteiger partial charge in [0.25, 0.3) is 0 Å². The molecule has 1 amide bonds. The van der Waals surface area contributed by atoms with Crippen LogP contribution in [0.2, 0.25) is 0 Å². The number of pyridine rings is 1. The summed E-state index contributed by atoms with van der Waals surface area (Å²) in [5, 5.41) is 2.84. The van der Waals surface area contributed by atoms with Crippen molar-refractivity contribution in [1.82, 2.24) is 10.3 Å². The Labute approximate surface area is 127 Å². The molecule has 5 nitrogen and oxygen atoms in total. The number of aromatic nitrogens is 1. The summed E-state index contributed by atoms with van der Waals surface area (Å²) in [5.41, 5.74) is 7.81. The van der Waals surface area contributed by atoms with Crippen LogP contribution in [0.25, 0.3) is 0 Å². The Hall–Kier alpha value is -1.62. The van der Waals surface area contributed by atoms with Gasteiger partial charge in [-0.3, -0.25) is 9.78 Å².